The molecule has 0 amide bonds. The van der Waals surface area contributed by atoms with Gasteiger partial charge >= 0.3 is 0 Å². The lowest BCUT2D eigenvalue weighted by Crippen LogP contribution is -2.47. The van der Waals surface area contributed by atoms with Crippen molar-refractivity contribution in [1.82, 2.24) is 15.0 Å². The van der Waals surface area contributed by atoms with Crippen molar-refractivity contribution in [3.05, 3.63) is 90.1 Å². The fourth-order valence-corrected chi connectivity index (χ4v) is 6.36. The lowest BCUT2D eigenvalue weighted by molar-refractivity contribution is -0.128. The molecule has 0 bridgehead atoms. The van der Waals surface area contributed by atoms with Crippen molar-refractivity contribution in [1.29, 1.82) is 0 Å². The van der Waals surface area contributed by atoms with Crippen LogP contribution in [0, 0.1) is 17.7 Å². The van der Waals surface area contributed by atoms with Gasteiger partial charge < -0.3 is 0 Å². The summed E-state index contributed by atoms with van der Waals surface area (Å²) in [7, 11) is 0. The van der Waals surface area contributed by atoms with Gasteiger partial charge in [-0.15, -0.1) is 0 Å². The Bertz CT molecular complexity index is 1470. The maximum atomic E-state index is 15.2. The third kappa shape index (κ3) is 3.57. The van der Waals surface area contributed by atoms with E-state index < -0.39 is 0 Å². The number of fused-ring (bicyclic) bond motifs is 3. The molecule has 2 aromatic carbocycles. The Labute approximate surface area is 210 Å². The van der Waals surface area contributed by atoms with Crippen molar-refractivity contribution in [3.8, 4) is 33.8 Å². The third-order valence-corrected chi connectivity index (χ3v) is 8.35. The minimum absolute atomic E-state index is 0.00645. The molecule has 2 aliphatic rings. The Morgan fingerprint density at radius 2 is 1.69 bits per heavy atom. The maximum absolute atomic E-state index is 15.2. The summed E-state index contributed by atoms with van der Waals surface area (Å²) >= 11 is 0. The van der Waals surface area contributed by atoms with Crippen LogP contribution in [0.1, 0.15) is 44.4 Å². The topological polar surface area (TPSA) is 55.7 Å². The zero-order valence-corrected chi connectivity index (χ0v) is 20.5. The van der Waals surface area contributed by atoms with E-state index in [2.05, 4.69) is 18.8 Å². The molecule has 2 heterocycles. The summed E-state index contributed by atoms with van der Waals surface area (Å²) < 4.78 is 15.2. The zero-order chi connectivity index (χ0) is 24.9. The van der Waals surface area contributed by atoms with E-state index in [1.54, 1.807) is 18.3 Å². The zero-order valence-electron chi connectivity index (χ0n) is 20.5. The minimum atomic E-state index is -0.290. The number of nitrogens with zero attached hydrogens (tertiary/aromatic N) is 3. The van der Waals surface area contributed by atoms with Crippen LogP contribution in [0.2, 0.25) is 0 Å². The number of benzene rings is 2. The highest BCUT2D eigenvalue weighted by molar-refractivity contribution is 5.83. The first-order valence-corrected chi connectivity index (χ1v) is 12.7. The van der Waals surface area contributed by atoms with Crippen molar-refractivity contribution >= 4 is 5.78 Å². The number of Topliss-reactive ketones (excluding diaryl/α,β-unsaturated/α-hetero) is 1. The molecular weight excluding hydrogens is 449 g/mol. The van der Waals surface area contributed by atoms with Gasteiger partial charge in [0, 0.05) is 52.4 Å². The molecule has 0 radical (unpaired) electrons. The van der Waals surface area contributed by atoms with Gasteiger partial charge in [0.15, 0.2) is 5.82 Å². The van der Waals surface area contributed by atoms with E-state index >= 15 is 4.39 Å². The largest absolute Gasteiger partial charge is 0.299 e. The molecule has 2 aliphatic carbocycles. The second kappa shape index (κ2) is 8.74. The molecule has 1 saturated carbocycles. The van der Waals surface area contributed by atoms with Gasteiger partial charge in [0.1, 0.15) is 11.6 Å². The molecule has 0 spiro atoms. The third-order valence-electron chi connectivity index (χ3n) is 8.35. The summed E-state index contributed by atoms with van der Waals surface area (Å²) in [5.74, 6) is 0.827. The summed E-state index contributed by atoms with van der Waals surface area (Å²) in [6.07, 6.45) is 6.50. The Morgan fingerprint density at radius 3 is 2.50 bits per heavy atom. The van der Waals surface area contributed by atoms with Crippen LogP contribution in [0.5, 0.6) is 0 Å². The molecule has 0 aliphatic heterocycles. The lowest BCUT2D eigenvalue weighted by atomic mass is 9.56. The van der Waals surface area contributed by atoms with Crippen LogP contribution >= 0.6 is 0 Å². The lowest BCUT2D eigenvalue weighted by Gasteiger charge is -2.48. The van der Waals surface area contributed by atoms with Crippen LogP contribution in [0.4, 0.5) is 4.39 Å². The average Bonchev–Trinajstić information content (AvgIpc) is 2.91. The van der Waals surface area contributed by atoms with Crippen LogP contribution < -0.4 is 0 Å². The number of hydrogen-bond donors (Lipinski definition) is 0. The van der Waals surface area contributed by atoms with Gasteiger partial charge in [-0.3, -0.25) is 9.78 Å². The molecule has 0 N–H and O–H groups in total. The highest BCUT2D eigenvalue weighted by atomic mass is 19.1. The number of ketones is 1. The van der Waals surface area contributed by atoms with Gasteiger partial charge in [-0.25, -0.2) is 14.4 Å². The van der Waals surface area contributed by atoms with Crippen molar-refractivity contribution in [3.63, 3.8) is 0 Å². The van der Waals surface area contributed by atoms with Crippen LogP contribution in [-0.4, -0.2) is 20.7 Å². The summed E-state index contributed by atoms with van der Waals surface area (Å²) in [6.45, 7) is 4.30. The molecule has 5 heteroatoms. The second-order valence-corrected chi connectivity index (χ2v) is 10.3. The molecule has 0 unspecified atom stereocenters. The number of carbonyl (C=O) groups excluding carboxylic acids is 1. The fraction of sp³-hybridized carbons (Fsp3) is 0.290. The van der Waals surface area contributed by atoms with Gasteiger partial charge in [0.2, 0.25) is 0 Å². The van der Waals surface area contributed by atoms with E-state index in [1.807, 2.05) is 48.7 Å². The maximum Gasteiger partial charge on any atom is 0.160 e. The van der Waals surface area contributed by atoms with E-state index in [0.717, 1.165) is 47.2 Å². The highest BCUT2D eigenvalue weighted by Crippen LogP contribution is 2.52. The molecule has 2 aromatic heterocycles. The normalized spacial score (nSPS) is 23.1. The number of carbonyl (C=O) groups is 1. The first-order valence-electron chi connectivity index (χ1n) is 12.7. The van der Waals surface area contributed by atoms with E-state index in [-0.39, 0.29) is 23.1 Å². The van der Waals surface area contributed by atoms with Crippen LogP contribution in [-0.2, 0) is 16.6 Å². The number of halogens is 1. The van der Waals surface area contributed by atoms with Gasteiger partial charge in [0.25, 0.3) is 0 Å². The van der Waals surface area contributed by atoms with Crippen molar-refractivity contribution in [2.75, 3.05) is 0 Å². The second-order valence-electron chi connectivity index (χ2n) is 10.3. The fourth-order valence-electron chi connectivity index (χ4n) is 6.36. The van der Waals surface area contributed by atoms with Crippen molar-refractivity contribution in [2.45, 2.75) is 44.9 Å². The first kappa shape index (κ1) is 22.7. The van der Waals surface area contributed by atoms with E-state index in [9.17, 15) is 4.79 Å². The van der Waals surface area contributed by atoms with Gasteiger partial charge in [-0.2, -0.15) is 0 Å². The van der Waals surface area contributed by atoms with Crippen LogP contribution in [0.25, 0.3) is 33.8 Å². The first-order chi connectivity index (χ1) is 17.5. The number of aromatic nitrogens is 3. The van der Waals surface area contributed by atoms with Crippen molar-refractivity contribution in [2.24, 2.45) is 11.8 Å². The summed E-state index contributed by atoms with van der Waals surface area (Å²) in [5, 5.41) is 0. The van der Waals surface area contributed by atoms with E-state index in [1.165, 1.54) is 6.07 Å². The smallest absolute Gasteiger partial charge is 0.160 e. The molecule has 4 nitrogen and oxygen atoms in total. The predicted molar refractivity (Wildman–Crippen MR) is 139 cm³/mol. The van der Waals surface area contributed by atoms with Gasteiger partial charge in [-0.1, -0.05) is 56.3 Å². The summed E-state index contributed by atoms with van der Waals surface area (Å²) in [6, 6.07) is 18.8. The standard InChI is InChI=1S/C31H28FN3O/c1-19-25-13-12-23-28(22-10-6-7-11-26(22)32)34-30(35-29(23)31(25,2)16-14-27(19)36)21-15-17-33-18-24(21)20-8-4-3-5-9-20/h3-11,15,17-19,25H,12-14,16H2,1-2H3/t19-,25-,31-/m1/s1. The summed E-state index contributed by atoms with van der Waals surface area (Å²) in [5.41, 5.74) is 5.69. The van der Waals surface area contributed by atoms with Crippen molar-refractivity contribution < 1.29 is 9.18 Å². The molecule has 1 fully saturated rings. The Morgan fingerprint density at radius 1 is 0.917 bits per heavy atom. The monoisotopic (exact) mass is 477 g/mol. The molecular formula is C31H28FN3O. The molecule has 4 aromatic rings. The number of hydrogen-bond acceptors (Lipinski definition) is 4. The van der Waals surface area contributed by atoms with Gasteiger partial charge in [0.05, 0.1) is 11.4 Å². The van der Waals surface area contributed by atoms with Gasteiger partial charge in [-0.05, 0) is 48.9 Å². The van der Waals surface area contributed by atoms with E-state index in [4.69, 9.17) is 9.97 Å². The quantitative estimate of drug-likeness (QED) is 0.324. The Kier molecular flexibility index (Phi) is 5.51. The number of rotatable bonds is 3. The molecule has 36 heavy (non-hydrogen) atoms. The molecule has 0 saturated heterocycles. The minimum Gasteiger partial charge on any atom is -0.299 e. The predicted octanol–water partition coefficient (Wildman–Crippen LogP) is 6.83. The Hall–Kier alpha value is -3.73. The molecule has 180 valence electrons. The molecule has 6 rings (SSSR count). The SMILES string of the molecule is C[C@H]1C(=O)CC[C@@]2(C)c3nc(-c4ccncc4-c4ccccc4)nc(-c4ccccc4F)c3CC[C@H]12. The molecule has 3 atom stereocenters. The highest BCUT2D eigenvalue weighted by Gasteiger charge is 2.49. The Balaban J connectivity index is 1.63. The van der Waals surface area contributed by atoms with Crippen LogP contribution in [0.3, 0.4) is 0 Å². The average molecular weight is 478 g/mol. The summed E-state index contributed by atoms with van der Waals surface area (Å²) in [4.78, 5) is 27.3. The van der Waals surface area contributed by atoms with E-state index in [0.29, 0.717) is 29.3 Å². The van der Waals surface area contributed by atoms with Crippen LogP contribution in [0.15, 0.2) is 73.1 Å². The number of pyridine rings is 1.